The second-order valence-corrected chi connectivity index (χ2v) is 7.01. The first-order valence-corrected chi connectivity index (χ1v) is 6.55. The van der Waals surface area contributed by atoms with E-state index < -0.39 is 11.6 Å². The van der Waals surface area contributed by atoms with Crippen LogP contribution in [0.1, 0.15) is 49.2 Å². The molecule has 5 heteroatoms. The summed E-state index contributed by atoms with van der Waals surface area (Å²) in [6.07, 6.45) is 0. The maximum absolute atomic E-state index is 11.2. The molecule has 0 fully saturated rings. The lowest BCUT2D eigenvalue weighted by Crippen LogP contribution is -2.28. The molecule has 4 nitrogen and oxygen atoms in total. The minimum atomic E-state index is -0.999. The Morgan fingerprint density at radius 3 is 2.28 bits per heavy atom. The van der Waals surface area contributed by atoms with Gasteiger partial charge in [0, 0.05) is 4.88 Å². The first kappa shape index (κ1) is 15.0. The van der Waals surface area contributed by atoms with Crippen molar-refractivity contribution in [3.63, 3.8) is 0 Å². The summed E-state index contributed by atoms with van der Waals surface area (Å²) in [6.45, 7) is 9.35. The number of hydrogen-bond donors (Lipinski definition) is 2. The third-order valence-electron chi connectivity index (χ3n) is 2.21. The van der Waals surface area contributed by atoms with Crippen LogP contribution in [0, 0.1) is 0 Å². The van der Waals surface area contributed by atoms with E-state index in [0.29, 0.717) is 5.75 Å². The van der Waals surface area contributed by atoms with Crippen LogP contribution in [0.2, 0.25) is 0 Å². The SMILES string of the molecule is CC(C)(O)COc1cc(C(C)(C)C)sc1C(=O)O. The highest BCUT2D eigenvalue weighted by molar-refractivity contribution is 7.14. The van der Waals surface area contributed by atoms with Crippen LogP contribution in [0.15, 0.2) is 6.07 Å². The van der Waals surface area contributed by atoms with E-state index in [9.17, 15) is 9.90 Å². The van der Waals surface area contributed by atoms with Crippen LogP contribution in [-0.2, 0) is 5.41 Å². The van der Waals surface area contributed by atoms with E-state index in [1.165, 1.54) is 11.3 Å². The van der Waals surface area contributed by atoms with Crippen LogP contribution in [0.5, 0.6) is 5.75 Å². The zero-order valence-electron chi connectivity index (χ0n) is 11.4. The maximum Gasteiger partial charge on any atom is 0.349 e. The third-order valence-corrected chi connectivity index (χ3v) is 3.74. The molecule has 0 saturated heterocycles. The molecule has 0 amide bonds. The summed E-state index contributed by atoms with van der Waals surface area (Å²) in [5.41, 5.74) is -1.11. The van der Waals surface area contributed by atoms with Crippen LogP contribution < -0.4 is 4.74 Å². The molecule has 1 heterocycles. The number of carboxylic acid groups (broad SMARTS) is 1. The molecular weight excluding hydrogens is 252 g/mol. The third kappa shape index (κ3) is 3.99. The van der Waals surface area contributed by atoms with Crippen LogP contribution in [0.25, 0.3) is 0 Å². The van der Waals surface area contributed by atoms with Crippen LogP contribution >= 0.6 is 11.3 Å². The van der Waals surface area contributed by atoms with E-state index >= 15 is 0 Å². The van der Waals surface area contributed by atoms with E-state index in [1.807, 2.05) is 20.8 Å². The van der Waals surface area contributed by atoms with Gasteiger partial charge in [0.25, 0.3) is 0 Å². The van der Waals surface area contributed by atoms with Gasteiger partial charge in [0.15, 0.2) is 4.88 Å². The average molecular weight is 272 g/mol. The first-order valence-electron chi connectivity index (χ1n) is 5.73. The molecule has 0 atom stereocenters. The molecule has 0 aromatic carbocycles. The van der Waals surface area contributed by atoms with Crippen molar-refractivity contribution in [2.45, 2.75) is 45.6 Å². The predicted octanol–water partition coefficient (Wildman–Crippen LogP) is 2.89. The standard InChI is InChI=1S/C13H20O4S/c1-12(2,3)9-6-8(10(18-9)11(14)15)17-7-13(4,5)16/h6,16H,7H2,1-5H3,(H,14,15). The number of rotatable bonds is 4. The maximum atomic E-state index is 11.2. The van der Waals surface area contributed by atoms with Gasteiger partial charge in [-0.2, -0.15) is 0 Å². The molecule has 1 aromatic heterocycles. The van der Waals surface area contributed by atoms with Crippen molar-refractivity contribution < 1.29 is 19.7 Å². The molecule has 102 valence electrons. The summed E-state index contributed by atoms with van der Waals surface area (Å²) in [4.78, 5) is 12.3. The van der Waals surface area contributed by atoms with Gasteiger partial charge in [-0.25, -0.2) is 4.79 Å². The Bertz CT molecular complexity index is 435. The van der Waals surface area contributed by atoms with Gasteiger partial charge in [0.2, 0.25) is 0 Å². The lowest BCUT2D eigenvalue weighted by Gasteiger charge is -2.17. The van der Waals surface area contributed by atoms with Gasteiger partial charge in [-0.05, 0) is 25.3 Å². The Morgan fingerprint density at radius 1 is 1.33 bits per heavy atom. The van der Waals surface area contributed by atoms with Gasteiger partial charge in [0.05, 0.1) is 5.60 Å². The molecule has 0 spiro atoms. The summed E-state index contributed by atoms with van der Waals surface area (Å²) in [5, 5.41) is 18.7. The first-order chi connectivity index (χ1) is 8.00. The van der Waals surface area contributed by atoms with Crippen molar-refractivity contribution in [3.05, 3.63) is 15.8 Å². The molecule has 0 saturated carbocycles. The van der Waals surface area contributed by atoms with Crippen molar-refractivity contribution in [2.75, 3.05) is 6.61 Å². The van der Waals surface area contributed by atoms with Gasteiger partial charge in [-0.15, -0.1) is 11.3 Å². The van der Waals surface area contributed by atoms with Gasteiger partial charge in [-0.1, -0.05) is 20.8 Å². The molecule has 1 aromatic rings. The van der Waals surface area contributed by atoms with E-state index in [-0.39, 0.29) is 16.9 Å². The number of aliphatic hydroxyl groups is 1. The molecule has 1 rings (SSSR count). The topological polar surface area (TPSA) is 66.8 Å². The largest absolute Gasteiger partial charge is 0.489 e. The second-order valence-electron chi connectivity index (χ2n) is 5.96. The van der Waals surface area contributed by atoms with Gasteiger partial charge < -0.3 is 14.9 Å². The van der Waals surface area contributed by atoms with Gasteiger partial charge >= 0.3 is 5.97 Å². The number of aromatic carboxylic acids is 1. The van der Waals surface area contributed by atoms with Gasteiger partial charge in [-0.3, -0.25) is 0 Å². The number of carboxylic acids is 1. The predicted molar refractivity (Wildman–Crippen MR) is 71.8 cm³/mol. The molecule has 0 radical (unpaired) electrons. The Morgan fingerprint density at radius 2 is 1.89 bits per heavy atom. The fourth-order valence-electron chi connectivity index (χ4n) is 1.25. The molecule has 0 unspecified atom stereocenters. The summed E-state index contributed by atoms with van der Waals surface area (Å²) in [6, 6.07) is 1.75. The fourth-order valence-corrected chi connectivity index (χ4v) is 2.25. The van der Waals surface area contributed by atoms with Crippen molar-refractivity contribution in [1.29, 1.82) is 0 Å². The minimum Gasteiger partial charge on any atom is -0.489 e. The summed E-state index contributed by atoms with van der Waals surface area (Å²) < 4.78 is 5.42. The summed E-state index contributed by atoms with van der Waals surface area (Å²) in [5.74, 6) is -0.666. The van der Waals surface area contributed by atoms with E-state index in [0.717, 1.165) is 4.88 Å². The quantitative estimate of drug-likeness (QED) is 0.884. The highest BCUT2D eigenvalue weighted by Crippen LogP contribution is 2.37. The minimum absolute atomic E-state index is 0.0631. The normalized spacial score (nSPS) is 12.6. The highest BCUT2D eigenvalue weighted by atomic mass is 32.1. The molecule has 18 heavy (non-hydrogen) atoms. The Balaban J connectivity index is 3.03. The summed E-state index contributed by atoms with van der Waals surface area (Å²) in [7, 11) is 0. The van der Waals surface area contributed by atoms with E-state index in [1.54, 1.807) is 19.9 Å². The Kier molecular flexibility index (Phi) is 4.08. The number of carbonyl (C=O) groups is 1. The van der Waals surface area contributed by atoms with Crippen LogP contribution in [0.3, 0.4) is 0 Å². The van der Waals surface area contributed by atoms with Crippen molar-refractivity contribution in [1.82, 2.24) is 0 Å². The lowest BCUT2D eigenvalue weighted by molar-refractivity contribution is 0.0277. The molecule has 0 aliphatic carbocycles. The van der Waals surface area contributed by atoms with E-state index in [2.05, 4.69) is 0 Å². The van der Waals surface area contributed by atoms with Crippen molar-refractivity contribution in [2.24, 2.45) is 0 Å². The fraction of sp³-hybridized carbons (Fsp3) is 0.615. The number of ether oxygens (including phenoxy) is 1. The number of hydrogen-bond acceptors (Lipinski definition) is 4. The van der Waals surface area contributed by atoms with Crippen LogP contribution in [0.4, 0.5) is 0 Å². The average Bonchev–Trinajstić information content (AvgIpc) is 2.56. The highest BCUT2D eigenvalue weighted by Gasteiger charge is 2.25. The van der Waals surface area contributed by atoms with Crippen molar-refractivity contribution in [3.8, 4) is 5.75 Å². The Labute approximate surface area is 111 Å². The molecule has 0 aliphatic heterocycles. The summed E-state index contributed by atoms with van der Waals surface area (Å²) >= 11 is 1.22. The van der Waals surface area contributed by atoms with E-state index in [4.69, 9.17) is 9.84 Å². The van der Waals surface area contributed by atoms with Gasteiger partial charge in [0.1, 0.15) is 12.4 Å². The van der Waals surface area contributed by atoms with Crippen molar-refractivity contribution >= 4 is 17.3 Å². The zero-order chi connectivity index (χ0) is 14.1. The molecule has 0 bridgehead atoms. The number of thiophene rings is 1. The molecular formula is C13H20O4S. The zero-order valence-corrected chi connectivity index (χ0v) is 12.2. The smallest absolute Gasteiger partial charge is 0.349 e. The molecule has 0 aliphatic rings. The lowest BCUT2D eigenvalue weighted by atomic mass is 9.95. The molecule has 2 N–H and O–H groups in total. The second kappa shape index (κ2) is 4.90. The monoisotopic (exact) mass is 272 g/mol. The Hall–Kier alpha value is -1.07. The van der Waals surface area contributed by atoms with Crippen LogP contribution in [-0.4, -0.2) is 28.4 Å².